The van der Waals surface area contributed by atoms with E-state index >= 15 is 0 Å². The molecule has 0 saturated carbocycles. The number of hydrogen-bond donors (Lipinski definition) is 0. The summed E-state index contributed by atoms with van der Waals surface area (Å²) >= 11 is 5.71. The highest BCUT2D eigenvalue weighted by Gasteiger charge is 2.12. The normalized spacial score (nSPS) is 10.1. The van der Waals surface area contributed by atoms with E-state index in [0.29, 0.717) is 17.9 Å². The molecule has 0 saturated heterocycles. The highest BCUT2D eigenvalue weighted by molar-refractivity contribution is 6.68. The fourth-order valence-corrected chi connectivity index (χ4v) is 2.22. The van der Waals surface area contributed by atoms with E-state index in [0.717, 1.165) is 24.0 Å². The highest BCUT2D eigenvalue weighted by Crippen LogP contribution is 2.28. The summed E-state index contributed by atoms with van der Waals surface area (Å²) in [6.45, 7) is 4.26. The molecule has 0 bridgehead atoms. The first kappa shape index (κ1) is 15.3. The molecule has 2 nitrogen and oxygen atoms in total. The van der Waals surface area contributed by atoms with E-state index in [4.69, 9.17) is 16.3 Å². The quantitative estimate of drug-likeness (QED) is 0.405. The van der Waals surface area contributed by atoms with E-state index in [2.05, 4.69) is 6.58 Å². The number of allylic oxidation sites excluding steroid dienone is 1. The van der Waals surface area contributed by atoms with Gasteiger partial charge < -0.3 is 4.74 Å². The van der Waals surface area contributed by atoms with Crippen molar-refractivity contribution in [3.63, 3.8) is 0 Å². The van der Waals surface area contributed by atoms with Crippen molar-refractivity contribution < 1.29 is 9.53 Å². The molecule has 0 aliphatic rings. The van der Waals surface area contributed by atoms with Crippen molar-refractivity contribution in [3.8, 4) is 16.9 Å². The van der Waals surface area contributed by atoms with Gasteiger partial charge in [0.25, 0.3) is 5.24 Å². The van der Waals surface area contributed by atoms with Crippen LogP contribution in [0.3, 0.4) is 0 Å². The second-order valence-electron chi connectivity index (χ2n) is 4.63. The van der Waals surface area contributed by atoms with Gasteiger partial charge in [-0.15, -0.1) is 6.58 Å². The maximum Gasteiger partial charge on any atom is 0.253 e. The van der Waals surface area contributed by atoms with Crippen molar-refractivity contribution in [2.24, 2.45) is 0 Å². The molecule has 0 atom stereocenters. The molecule has 0 unspecified atom stereocenters. The molecule has 3 heteroatoms. The standard InChI is InChI=1S/C18H17ClO2/c1-2-3-7-12-21-15-10-11-16(17(13-15)18(19)20)14-8-5-4-6-9-14/h2,4-6,8-11,13H,1,3,7,12H2. The van der Waals surface area contributed by atoms with Crippen molar-refractivity contribution in [3.05, 3.63) is 66.7 Å². The van der Waals surface area contributed by atoms with Gasteiger partial charge in [0.15, 0.2) is 0 Å². The molecule has 0 fully saturated rings. The number of carbonyl (C=O) groups excluding carboxylic acids is 1. The Kier molecular flexibility index (Phi) is 5.59. The average Bonchev–Trinajstić information content (AvgIpc) is 2.52. The van der Waals surface area contributed by atoms with Crippen molar-refractivity contribution in [2.45, 2.75) is 12.8 Å². The van der Waals surface area contributed by atoms with Crippen molar-refractivity contribution in [1.82, 2.24) is 0 Å². The third-order valence-corrected chi connectivity index (χ3v) is 3.31. The van der Waals surface area contributed by atoms with E-state index in [1.54, 1.807) is 6.07 Å². The molecular weight excluding hydrogens is 284 g/mol. The monoisotopic (exact) mass is 300 g/mol. The zero-order chi connectivity index (χ0) is 15.1. The molecule has 21 heavy (non-hydrogen) atoms. The van der Waals surface area contributed by atoms with E-state index < -0.39 is 5.24 Å². The summed E-state index contributed by atoms with van der Waals surface area (Å²) in [4.78, 5) is 11.7. The molecule has 0 aliphatic heterocycles. The van der Waals surface area contributed by atoms with Crippen LogP contribution >= 0.6 is 11.6 Å². The molecule has 0 heterocycles. The second-order valence-corrected chi connectivity index (χ2v) is 4.97. The first-order valence-electron chi connectivity index (χ1n) is 6.85. The molecule has 0 aromatic heterocycles. The summed E-state index contributed by atoms with van der Waals surface area (Å²) in [7, 11) is 0. The Morgan fingerprint density at radius 2 is 1.95 bits per heavy atom. The first-order valence-corrected chi connectivity index (χ1v) is 7.23. The Bertz CT molecular complexity index is 620. The third-order valence-electron chi connectivity index (χ3n) is 3.11. The number of ether oxygens (including phenoxy) is 1. The summed E-state index contributed by atoms with van der Waals surface area (Å²) in [5.41, 5.74) is 2.23. The highest BCUT2D eigenvalue weighted by atomic mass is 35.5. The minimum atomic E-state index is -0.481. The number of benzene rings is 2. The Morgan fingerprint density at radius 3 is 2.62 bits per heavy atom. The van der Waals surface area contributed by atoms with Crippen LogP contribution in [0.4, 0.5) is 0 Å². The Labute approximate surface area is 130 Å². The number of carbonyl (C=O) groups is 1. The van der Waals surface area contributed by atoms with Gasteiger partial charge in [0.2, 0.25) is 0 Å². The van der Waals surface area contributed by atoms with Gasteiger partial charge in [-0.1, -0.05) is 36.4 Å². The van der Waals surface area contributed by atoms with Gasteiger partial charge >= 0.3 is 0 Å². The van der Waals surface area contributed by atoms with Crippen LogP contribution < -0.4 is 4.74 Å². The molecule has 2 aromatic carbocycles. The van der Waals surface area contributed by atoms with Crippen LogP contribution in [0, 0.1) is 0 Å². The Morgan fingerprint density at radius 1 is 1.19 bits per heavy atom. The Hall–Kier alpha value is -2.06. The van der Waals surface area contributed by atoms with Crippen molar-refractivity contribution in [1.29, 1.82) is 0 Å². The van der Waals surface area contributed by atoms with Crippen molar-refractivity contribution >= 4 is 16.8 Å². The number of hydrogen-bond acceptors (Lipinski definition) is 2. The van der Waals surface area contributed by atoms with Gasteiger partial charge in [-0.3, -0.25) is 4.79 Å². The van der Waals surface area contributed by atoms with Crippen LogP contribution in [-0.2, 0) is 0 Å². The molecule has 0 aliphatic carbocycles. The molecule has 0 spiro atoms. The number of rotatable bonds is 7. The summed E-state index contributed by atoms with van der Waals surface area (Å²) in [6.07, 6.45) is 3.66. The topological polar surface area (TPSA) is 26.3 Å². The lowest BCUT2D eigenvalue weighted by molar-refractivity contribution is 0.108. The molecule has 0 N–H and O–H groups in total. The van der Waals surface area contributed by atoms with E-state index in [9.17, 15) is 4.79 Å². The van der Waals surface area contributed by atoms with Gasteiger partial charge in [0.1, 0.15) is 5.75 Å². The summed E-state index contributed by atoms with van der Waals surface area (Å²) in [5, 5.41) is -0.481. The predicted octanol–water partition coefficient (Wildman–Crippen LogP) is 5.08. The molecule has 108 valence electrons. The van der Waals surface area contributed by atoms with Crippen LogP contribution in [0.5, 0.6) is 5.75 Å². The molecular formula is C18H17ClO2. The second kappa shape index (κ2) is 7.65. The molecule has 2 rings (SSSR count). The van der Waals surface area contributed by atoms with Crippen LogP contribution in [0.1, 0.15) is 23.2 Å². The van der Waals surface area contributed by atoms with Gasteiger partial charge in [0.05, 0.1) is 6.61 Å². The smallest absolute Gasteiger partial charge is 0.253 e. The molecule has 2 aromatic rings. The fraction of sp³-hybridized carbons (Fsp3) is 0.167. The van der Waals surface area contributed by atoms with Crippen LogP contribution in [0.15, 0.2) is 61.2 Å². The lowest BCUT2D eigenvalue weighted by atomic mass is 10.00. The minimum Gasteiger partial charge on any atom is -0.494 e. The van der Waals surface area contributed by atoms with E-state index in [-0.39, 0.29) is 0 Å². The van der Waals surface area contributed by atoms with E-state index in [1.807, 2.05) is 48.5 Å². The van der Waals surface area contributed by atoms with E-state index in [1.165, 1.54) is 0 Å². The van der Waals surface area contributed by atoms with Gasteiger partial charge in [-0.2, -0.15) is 0 Å². The largest absolute Gasteiger partial charge is 0.494 e. The van der Waals surface area contributed by atoms with Gasteiger partial charge in [-0.25, -0.2) is 0 Å². The van der Waals surface area contributed by atoms with Crippen LogP contribution in [0.2, 0.25) is 0 Å². The zero-order valence-electron chi connectivity index (χ0n) is 11.7. The van der Waals surface area contributed by atoms with Crippen LogP contribution in [-0.4, -0.2) is 11.8 Å². The number of unbranched alkanes of at least 4 members (excludes halogenated alkanes) is 1. The lowest BCUT2D eigenvalue weighted by Crippen LogP contribution is -2.00. The van der Waals surface area contributed by atoms with Gasteiger partial charge in [-0.05, 0) is 53.8 Å². The third kappa shape index (κ3) is 4.20. The SMILES string of the molecule is C=CCCCOc1ccc(-c2ccccc2)c(C(=O)Cl)c1. The zero-order valence-corrected chi connectivity index (χ0v) is 12.5. The fourth-order valence-electron chi connectivity index (χ4n) is 2.06. The maximum absolute atomic E-state index is 11.7. The molecule has 0 radical (unpaired) electrons. The first-order chi connectivity index (χ1) is 10.2. The molecule has 0 amide bonds. The summed E-state index contributed by atoms with van der Waals surface area (Å²) in [6, 6.07) is 15.1. The van der Waals surface area contributed by atoms with Crippen LogP contribution in [0.25, 0.3) is 11.1 Å². The Balaban J connectivity index is 2.23. The minimum absolute atomic E-state index is 0.462. The van der Waals surface area contributed by atoms with Crippen molar-refractivity contribution in [2.75, 3.05) is 6.61 Å². The van der Waals surface area contributed by atoms with Gasteiger partial charge in [0, 0.05) is 5.56 Å². The lowest BCUT2D eigenvalue weighted by Gasteiger charge is -2.10. The average molecular weight is 301 g/mol. The predicted molar refractivity (Wildman–Crippen MR) is 87.0 cm³/mol. The maximum atomic E-state index is 11.7. The number of halogens is 1. The summed E-state index contributed by atoms with van der Waals surface area (Å²) < 4.78 is 5.63. The summed E-state index contributed by atoms with van der Waals surface area (Å²) in [5.74, 6) is 0.655.